The summed E-state index contributed by atoms with van der Waals surface area (Å²) in [5, 5.41) is 14.6. The molecule has 0 spiro atoms. The minimum atomic E-state index is -1.21. The Hall–Kier alpha value is -6.37. The van der Waals surface area contributed by atoms with E-state index in [-0.39, 0.29) is 5.69 Å². The van der Waals surface area contributed by atoms with E-state index in [2.05, 4.69) is 39.3 Å². The molecule has 0 unspecified atom stereocenters. The van der Waals surface area contributed by atoms with Crippen molar-refractivity contribution in [2.75, 3.05) is 27.2 Å². The predicted molar refractivity (Wildman–Crippen MR) is 194 cm³/mol. The van der Waals surface area contributed by atoms with Crippen molar-refractivity contribution in [3.05, 3.63) is 130 Å². The average molecular weight is 734 g/mol. The third kappa shape index (κ3) is 7.99. The summed E-state index contributed by atoms with van der Waals surface area (Å²) in [6, 6.07) is 18.0. The molecule has 0 N–H and O–H groups in total. The molecule has 6 aromatic rings. The van der Waals surface area contributed by atoms with Crippen molar-refractivity contribution in [3.63, 3.8) is 0 Å². The van der Waals surface area contributed by atoms with Crippen LogP contribution in [-0.2, 0) is 26.1 Å². The Labute approximate surface area is 305 Å². The zero-order chi connectivity index (χ0) is 37.8. The smallest absolute Gasteiger partial charge is 0.356 e. The number of nitrogens with zero attached hydrogens (tertiary/aromatic N) is 5. The van der Waals surface area contributed by atoms with E-state index < -0.39 is 57.1 Å². The van der Waals surface area contributed by atoms with Crippen LogP contribution >= 0.6 is 0 Å². The average Bonchev–Trinajstić information content (AvgIpc) is 3.57. The summed E-state index contributed by atoms with van der Waals surface area (Å²) in [6.45, 7) is 3.07. The molecule has 1 fully saturated rings. The fraction of sp³-hybridized carbons (Fsp3) is 0.308. The zero-order valence-corrected chi connectivity index (χ0v) is 29.5. The van der Waals surface area contributed by atoms with Crippen LogP contribution in [0.3, 0.4) is 0 Å². The topological polar surface area (TPSA) is 199 Å². The summed E-state index contributed by atoms with van der Waals surface area (Å²) in [4.78, 5) is 59.0. The van der Waals surface area contributed by atoms with Crippen molar-refractivity contribution in [1.82, 2.24) is 19.9 Å². The first kappa shape index (κ1) is 36.0. The van der Waals surface area contributed by atoms with Gasteiger partial charge in [0.2, 0.25) is 16.7 Å². The molecule has 0 amide bonds. The molecule has 0 radical (unpaired) electrons. The molecule has 1 aliphatic heterocycles. The summed E-state index contributed by atoms with van der Waals surface area (Å²) in [7, 11) is 3.79. The van der Waals surface area contributed by atoms with Gasteiger partial charge in [-0.2, -0.15) is 5.26 Å². The molecule has 276 valence electrons. The standard InChI is InChI=1S/C39H35N5O10/c1-43(2)21-27-30(11-9-26-28(42-54-34(26)27)10-8-23-14-16-44(17-15-23)20-24-6-4-3-5-7-24)49-22-29-35-36(51-32(46)13-12-31(45)50-35)37-38(41-29)53-39(48)25(19-40)18-33(47)52-37/h3-7,9,11-13,18,23H,8,10,14-17,20-22H2,1-2H3. The Kier molecular flexibility index (Phi) is 10.5. The first-order valence-electron chi connectivity index (χ1n) is 17.3. The van der Waals surface area contributed by atoms with Gasteiger partial charge in [-0.1, -0.05) is 35.5 Å². The lowest BCUT2D eigenvalue weighted by Gasteiger charge is -2.31. The molecule has 0 aliphatic carbocycles. The number of nitriles is 1. The van der Waals surface area contributed by atoms with Crippen LogP contribution in [0.15, 0.2) is 102 Å². The highest BCUT2D eigenvalue weighted by molar-refractivity contribution is 5.93. The van der Waals surface area contributed by atoms with Crippen molar-refractivity contribution < 1.29 is 26.9 Å². The fourth-order valence-electron chi connectivity index (χ4n) is 6.58. The van der Waals surface area contributed by atoms with Gasteiger partial charge >= 0.3 is 22.5 Å². The molecular formula is C39H35N5O10. The molecule has 1 aliphatic rings. The maximum Gasteiger partial charge on any atom is 0.356 e. The monoisotopic (exact) mass is 733 g/mol. The van der Waals surface area contributed by atoms with Gasteiger partial charge in [-0.3, -0.25) is 4.90 Å². The van der Waals surface area contributed by atoms with Crippen molar-refractivity contribution in [1.29, 1.82) is 5.26 Å². The Morgan fingerprint density at radius 3 is 2.30 bits per heavy atom. The molecule has 1 saturated heterocycles. The summed E-state index contributed by atoms with van der Waals surface area (Å²) in [5.41, 5.74) is -3.92. The summed E-state index contributed by atoms with van der Waals surface area (Å²) in [6.07, 6.45) is 3.99. The van der Waals surface area contributed by atoms with Gasteiger partial charge in [-0.05, 0) is 76.5 Å². The Morgan fingerprint density at radius 2 is 1.57 bits per heavy atom. The number of rotatable bonds is 10. The second-order valence-electron chi connectivity index (χ2n) is 13.3. The van der Waals surface area contributed by atoms with Gasteiger partial charge in [0.05, 0.1) is 11.3 Å². The zero-order valence-electron chi connectivity index (χ0n) is 29.5. The molecule has 0 atom stereocenters. The molecule has 0 bridgehead atoms. The Bertz CT molecular complexity index is 2680. The quantitative estimate of drug-likeness (QED) is 0.185. The second-order valence-corrected chi connectivity index (χ2v) is 13.3. The van der Waals surface area contributed by atoms with E-state index in [1.807, 2.05) is 31.1 Å². The largest absolute Gasteiger partial charge is 0.487 e. The van der Waals surface area contributed by atoms with Crippen LogP contribution in [0.25, 0.3) is 33.4 Å². The number of pyridine rings is 1. The van der Waals surface area contributed by atoms with Gasteiger partial charge in [0.15, 0.2) is 5.58 Å². The summed E-state index contributed by atoms with van der Waals surface area (Å²) < 4.78 is 33.5. The highest BCUT2D eigenvalue weighted by Gasteiger charge is 2.23. The number of benzene rings is 2. The van der Waals surface area contributed by atoms with E-state index in [1.54, 1.807) is 12.1 Å². The molecule has 54 heavy (non-hydrogen) atoms. The minimum absolute atomic E-state index is 0.156. The highest BCUT2D eigenvalue weighted by atomic mass is 16.5. The SMILES string of the molecule is CN(C)Cc1c(OCc2nc3oc(=O)c(C#N)cc(=O)oc3c3oc(=O)ccc(=O)oc23)ccc2c(CCC3CCN(Cc4ccccc4)CC3)noc12. The molecule has 7 rings (SSSR count). The van der Waals surface area contributed by atoms with Gasteiger partial charge in [0, 0.05) is 36.7 Å². The number of ether oxygens (including phenoxy) is 1. The second kappa shape index (κ2) is 15.7. The number of aromatic nitrogens is 2. The molecule has 4 aromatic heterocycles. The number of aryl methyl sites for hydroxylation is 1. The molecular weight excluding hydrogens is 698 g/mol. The van der Waals surface area contributed by atoms with Crippen LogP contribution in [0.1, 0.15) is 47.3 Å². The number of hydrogen-bond acceptors (Lipinski definition) is 15. The number of fused-ring (bicyclic) bond motifs is 4. The van der Waals surface area contributed by atoms with Crippen LogP contribution in [0.4, 0.5) is 0 Å². The number of hydrogen-bond donors (Lipinski definition) is 0. The van der Waals surface area contributed by atoms with E-state index in [4.69, 9.17) is 26.9 Å². The van der Waals surface area contributed by atoms with Crippen molar-refractivity contribution in [2.45, 2.75) is 45.4 Å². The lowest BCUT2D eigenvalue weighted by Crippen LogP contribution is -2.33. The maximum atomic E-state index is 12.7. The van der Waals surface area contributed by atoms with Crippen molar-refractivity contribution in [2.24, 2.45) is 5.92 Å². The molecule has 0 saturated carbocycles. The van der Waals surface area contributed by atoms with Crippen LogP contribution in [0, 0.1) is 17.2 Å². The number of piperidine rings is 1. The van der Waals surface area contributed by atoms with Gasteiger partial charge in [-0.25, -0.2) is 24.2 Å². The van der Waals surface area contributed by atoms with Gasteiger partial charge in [-0.15, -0.1) is 0 Å². The maximum absolute atomic E-state index is 12.7. The highest BCUT2D eigenvalue weighted by Crippen LogP contribution is 2.34. The first-order valence-corrected chi connectivity index (χ1v) is 17.3. The fourth-order valence-corrected chi connectivity index (χ4v) is 6.58. The predicted octanol–water partition coefficient (Wildman–Crippen LogP) is 4.82. The Morgan fingerprint density at radius 1 is 0.852 bits per heavy atom. The van der Waals surface area contributed by atoms with E-state index in [0.29, 0.717) is 35.4 Å². The van der Waals surface area contributed by atoms with Crippen LogP contribution in [-0.4, -0.2) is 47.1 Å². The van der Waals surface area contributed by atoms with Gasteiger partial charge in [0.25, 0.3) is 5.71 Å². The molecule has 15 nitrogen and oxygen atoms in total. The van der Waals surface area contributed by atoms with Gasteiger partial charge in [0.1, 0.15) is 29.7 Å². The van der Waals surface area contributed by atoms with E-state index in [1.165, 1.54) is 5.56 Å². The lowest BCUT2D eigenvalue weighted by atomic mass is 9.91. The van der Waals surface area contributed by atoms with Crippen molar-refractivity contribution in [3.8, 4) is 11.8 Å². The van der Waals surface area contributed by atoms with E-state index in [9.17, 15) is 24.4 Å². The third-order valence-corrected chi connectivity index (χ3v) is 9.22. The molecule has 5 heterocycles. The van der Waals surface area contributed by atoms with E-state index in [0.717, 1.165) is 68.5 Å². The van der Waals surface area contributed by atoms with Gasteiger partial charge < -0.3 is 31.8 Å². The van der Waals surface area contributed by atoms with E-state index >= 15 is 0 Å². The molecule has 2 aromatic carbocycles. The summed E-state index contributed by atoms with van der Waals surface area (Å²) in [5.74, 6) is 0.971. The van der Waals surface area contributed by atoms with Crippen molar-refractivity contribution >= 4 is 33.4 Å². The van der Waals surface area contributed by atoms with Crippen LogP contribution in [0.2, 0.25) is 0 Å². The van der Waals surface area contributed by atoms with Crippen LogP contribution < -0.4 is 27.2 Å². The Balaban J connectivity index is 1.18. The first-order chi connectivity index (χ1) is 26.1. The summed E-state index contributed by atoms with van der Waals surface area (Å²) >= 11 is 0. The third-order valence-electron chi connectivity index (χ3n) is 9.22. The van der Waals surface area contributed by atoms with Crippen LogP contribution in [0.5, 0.6) is 5.75 Å². The lowest BCUT2D eigenvalue weighted by molar-refractivity contribution is 0.172. The normalized spacial score (nSPS) is 13.7. The number of likely N-dealkylation sites (tertiary alicyclic amines) is 1. The minimum Gasteiger partial charge on any atom is -0.487 e. The molecule has 15 heteroatoms.